The van der Waals surface area contributed by atoms with Gasteiger partial charge in [-0.1, -0.05) is 36.4 Å². The lowest BCUT2D eigenvalue weighted by Gasteiger charge is -2.20. The minimum Gasteiger partial charge on any atom is -0.492 e. The Morgan fingerprint density at radius 2 is 1.72 bits per heavy atom. The van der Waals surface area contributed by atoms with Crippen molar-refractivity contribution in [3.8, 4) is 5.75 Å². The minimum atomic E-state index is -0.550. The number of rotatable bonds is 7. The van der Waals surface area contributed by atoms with Crippen molar-refractivity contribution < 1.29 is 19.1 Å². The monoisotopic (exact) mass is 488 g/mol. The molecule has 188 valence electrons. The highest BCUT2D eigenvalue weighted by Gasteiger charge is 2.27. The summed E-state index contributed by atoms with van der Waals surface area (Å²) in [6, 6.07) is 17.1. The number of esters is 1. The third-order valence-corrected chi connectivity index (χ3v) is 6.73. The SMILES string of the molecule is COC(=O)c1c(OCCCc2ccccc2)cc(=O)n2c1CCN(C(=O)c1ccc(C)c(C)c1)CC2. The second-order valence-electron chi connectivity index (χ2n) is 9.09. The van der Waals surface area contributed by atoms with Crippen molar-refractivity contribution >= 4 is 11.9 Å². The normalized spacial score (nSPS) is 13.0. The fraction of sp³-hybridized carbons (Fsp3) is 0.345. The van der Waals surface area contributed by atoms with E-state index in [1.807, 2.05) is 50.2 Å². The molecule has 0 bridgehead atoms. The molecule has 0 unspecified atom stereocenters. The molecule has 0 atom stereocenters. The van der Waals surface area contributed by atoms with Gasteiger partial charge in [-0.25, -0.2) is 4.79 Å². The van der Waals surface area contributed by atoms with Gasteiger partial charge in [-0.3, -0.25) is 9.59 Å². The quantitative estimate of drug-likeness (QED) is 0.372. The Kier molecular flexibility index (Phi) is 7.88. The standard InChI is InChI=1S/C29H32N2O5/c1-20-11-12-23(18-21(20)2)28(33)30-14-13-24-27(29(34)35-3)25(19-26(32)31(24)16-15-30)36-17-7-10-22-8-5-4-6-9-22/h4-6,8-9,11-12,18-19H,7,10,13-17H2,1-3H3. The number of pyridine rings is 1. The van der Waals surface area contributed by atoms with E-state index in [-0.39, 0.29) is 22.8 Å². The average Bonchev–Trinajstić information content (AvgIpc) is 3.12. The number of hydrogen-bond acceptors (Lipinski definition) is 5. The van der Waals surface area contributed by atoms with Crippen LogP contribution in [0.2, 0.25) is 0 Å². The van der Waals surface area contributed by atoms with E-state index in [2.05, 4.69) is 12.1 Å². The van der Waals surface area contributed by atoms with Gasteiger partial charge in [0.1, 0.15) is 11.3 Å². The van der Waals surface area contributed by atoms with Crippen LogP contribution in [0.15, 0.2) is 59.4 Å². The van der Waals surface area contributed by atoms with Gasteiger partial charge in [-0.05, 0) is 55.5 Å². The van der Waals surface area contributed by atoms with Gasteiger partial charge in [0, 0.05) is 43.4 Å². The number of methoxy groups -OCH3 is 1. The second kappa shape index (κ2) is 11.2. The molecule has 0 N–H and O–H groups in total. The zero-order valence-corrected chi connectivity index (χ0v) is 21.1. The molecule has 0 aliphatic carbocycles. The Morgan fingerprint density at radius 1 is 0.944 bits per heavy atom. The molecule has 0 fully saturated rings. The molecule has 2 aromatic carbocycles. The van der Waals surface area contributed by atoms with Crippen molar-refractivity contribution in [1.29, 1.82) is 0 Å². The van der Waals surface area contributed by atoms with Gasteiger partial charge in [0.15, 0.2) is 0 Å². The molecule has 7 nitrogen and oxygen atoms in total. The fourth-order valence-electron chi connectivity index (χ4n) is 4.55. The van der Waals surface area contributed by atoms with Crippen LogP contribution in [-0.2, 0) is 24.1 Å². The molecule has 1 amide bonds. The van der Waals surface area contributed by atoms with E-state index < -0.39 is 5.97 Å². The van der Waals surface area contributed by atoms with Crippen molar-refractivity contribution in [3.05, 3.63) is 98.5 Å². The van der Waals surface area contributed by atoms with Crippen molar-refractivity contribution in [2.75, 3.05) is 26.8 Å². The van der Waals surface area contributed by atoms with Crippen LogP contribution in [0.1, 0.15) is 49.5 Å². The van der Waals surface area contributed by atoms with Crippen LogP contribution >= 0.6 is 0 Å². The number of amides is 1. The van der Waals surface area contributed by atoms with Crippen LogP contribution in [-0.4, -0.2) is 48.1 Å². The number of carbonyl (C=O) groups excluding carboxylic acids is 2. The number of carbonyl (C=O) groups is 2. The smallest absolute Gasteiger partial charge is 0.343 e. The first-order valence-electron chi connectivity index (χ1n) is 12.3. The van der Waals surface area contributed by atoms with Crippen molar-refractivity contribution in [1.82, 2.24) is 9.47 Å². The molecule has 0 saturated carbocycles. The number of hydrogen-bond donors (Lipinski definition) is 0. The zero-order valence-electron chi connectivity index (χ0n) is 21.1. The average molecular weight is 489 g/mol. The van der Waals surface area contributed by atoms with Crippen LogP contribution in [0, 0.1) is 13.8 Å². The van der Waals surface area contributed by atoms with Crippen LogP contribution in [0.25, 0.3) is 0 Å². The van der Waals surface area contributed by atoms with E-state index in [0.29, 0.717) is 43.9 Å². The first-order chi connectivity index (χ1) is 17.4. The van der Waals surface area contributed by atoms with Gasteiger partial charge in [0.2, 0.25) is 0 Å². The van der Waals surface area contributed by atoms with E-state index in [1.165, 1.54) is 18.7 Å². The molecule has 0 radical (unpaired) electrons. The first kappa shape index (κ1) is 25.2. The van der Waals surface area contributed by atoms with Gasteiger partial charge in [-0.2, -0.15) is 0 Å². The summed E-state index contributed by atoms with van der Waals surface area (Å²) in [5.74, 6) is -0.401. The summed E-state index contributed by atoms with van der Waals surface area (Å²) in [5, 5.41) is 0. The Labute approximate surface area is 211 Å². The molecule has 7 heteroatoms. The van der Waals surface area contributed by atoms with E-state index >= 15 is 0 Å². The third-order valence-electron chi connectivity index (χ3n) is 6.73. The topological polar surface area (TPSA) is 77.8 Å². The van der Waals surface area contributed by atoms with Crippen molar-refractivity contribution in [2.24, 2.45) is 0 Å². The summed E-state index contributed by atoms with van der Waals surface area (Å²) >= 11 is 0. The summed E-state index contributed by atoms with van der Waals surface area (Å²) < 4.78 is 12.6. The van der Waals surface area contributed by atoms with E-state index in [9.17, 15) is 14.4 Å². The lowest BCUT2D eigenvalue weighted by Crippen LogP contribution is -2.34. The number of aromatic nitrogens is 1. The number of benzene rings is 2. The number of ether oxygens (including phenoxy) is 2. The van der Waals surface area contributed by atoms with Crippen LogP contribution in [0.3, 0.4) is 0 Å². The molecule has 0 saturated heterocycles. The van der Waals surface area contributed by atoms with Crippen molar-refractivity contribution in [3.63, 3.8) is 0 Å². The first-order valence-corrected chi connectivity index (χ1v) is 12.3. The Balaban J connectivity index is 1.54. The van der Waals surface area contributed by atoms with E-state index in [4.69, 9.17) is 9.47 Å². The molecular weight excluding hydrogens is 456 g/mol. The highest BCUT2D eigenvalue weighted by Crippen LogP contribution is 2.25. The maximum atomic E-state index is 13.2. The van der Waals surface area contributed by atoms with Crippen LogP contribution in [0.4, 0.5) is 0 Å². The summed E-state index contributed by atoms with van der Waals surface area (Å²) in [7, 11) is 1.32. The molecular formula is C29H32N2O5. The van der Waals surface area contributed by atoms with Gasteiger partial charge in [-0.15, -0.1) is 0 Å². The number of fused-ring (bicyclic) bond motifs is 1. The highest BCUT2D eigenvalue weighted by molar-refractivity contribution is 5.95. The maximum Gasteiger partial charge on any atom is 0.343 e. The van der Waals surface area contributed by atoms with Crippen LogP contribution < -0.4 is 10.3 Å². The largest absolute Gasteiger partial charge is 0.492 e. The molecule has 0 spiro atoms. The summed E-state index contributed by atoms with van der Waals surface area (Å²) in [6.07, 6.45) is 1.91. The molecule has 36 heavy (non-hydrogen) atoms. The summed E-state index contributed by atoms with van der Waals surface area (Å²) in [5.41, 5.74) is 4.55. The minimum absolute atomic E-state index is 0.0871. The predicted molar refractivity (Wildman–Crippen MR) is 138 cm³/mol. The third kappa shape index (κ3) is 5.51. The molecule has 3 aromatic rings. The fourth-order valence-corrected chi connectivity index (χ4v) is 4.55. The zero-order chi connectivity index (χ0) is 25.7. The van der Waals surface area contributed by atoms with Crippen molar-refractivity contribution in [2.45, 2.75) is 39.7 Å². The maximum absolute atomic E-state index is 13.2. The molecule has 1 aliphatic rings. The van der Waals surface area contributed by atoms with Crippen LogP contribution in [0.5, 0.6) is 5.75 Å². The van der Waals surface area contributed by atoms with E-state index in [1.54, 1.807) is 9.47 Å². The molecule has 4 rings (SSSR count). The summed E-state index contributed by atoms with van der Waals surface area (Å²) in [4.78, 5) is 40.7. The van der Waals surface area contributed by atoms with Gasteiger partial charge >= 0.3 is 5.97 Å². The Bertz CT molecular complexity index is 1310. The number of nitrogens with zero attached hydrogens (tertiary/aromatic N) is 2. The van der Waals surface area contributed by atoms with Gasteiger partial charge in [0.25, 0.3) is 11.5 Å². The Morgan fingerprint density at radius 3 is 2.44 bits per heavy atom. The van der Waals surface area contributed by atoms with Gasteiger partial charge in [0.05, 0.1) is 13.7 Å². The summed E-state index contributed by atoms with van der Waals surface area (Å²) in [6.45, 7) is 5.40. The molecule has 1 aromatic heterocycles. The number of aryl methyl sites for hydroxylation is 3. The predicted octanol–water partition coefficient (Wildman–Crippen LogP) is 3.96. The van der Waals surface area contributed by atoms with E-state index in [0.717, 1.165) is 24.0 Å². The highest BCUT2D eigenvalue weighted by atomic mass is 16.5. The lowest BCUT2D eigenvalue weighted by atomic mass is 10.1. The second-order valence-corrected chi connectivity index (χ2v) is 9.09. The molecule has 1 aliphatic heterocycles. The Hall–Kier alpha value is -3.87. The molecule has 2 heterocycles. The lowest BCUT2D eigenvalue weighted by molar-refractivity contribution is 0.0593. The van der Waals surface area contributed by atoms with Gasteiger partial charge < -0.3 is 18.9 Å².